The number of hydrogen-bond donors (Lipinski definition) is 1. The maximum atomic E-state index is 11.7. The van der Waals surface area contributed by atoms with Gasteiger partial charge in [0.05, 0.1) is 12.9 Å². The van der Waals surface area contributed by atoms with Crippen LogP contribution in [0.2, 0.25) is 0 Å². The number of methoxy groups -OCH3 is 1. The van der Waals surface area contributed by atoms with Crippen molar-refractivity contribution in [2.75, 3.05) is 25.2 Å². The maximum Gasteiger partial charge on any atom is 0.320 e. The standard InChI is InChI=1S/C12H23NO4S/c1-3-13-11-6-4-5-10(11)7-8-18(15,16)9-12(14)17-2/h10-11,13H,3-9H2,1-2H3. The van der Waals surface area contributed by atoms with Crippen LogP contribution in [-0.2, 0) is 19.4 Å². The van der Waals surface area contributed by atoms with Gasteiger partial charge < -0.3 is 10.1 Å². The zero-order chi connectivity index (χ0) is 13.6. The topological polar surface area (TPSA) is 72.5 Å². The summed E-state index contributed by atoms with van der Waals surface area (Å²) in [6.45, 7) is 2.97. The van der Waals surface area contributed by atoms with Gasteiger partial charge in [-0.15, -0.1) is 0 Å². The molecular formula is C12H23NO4S. The smallest absolute Gasteiger partial charge is 0.320 e. The van der Waals surface area contributed by atoms with Gasteiger partial charge in [-0.3, -0.25) is 4.79 Å². The normalized spacial score (nSPS) is 24.1. The number of carbonyl (C=O) groups is 1. The van der Waals surface area contributed by atoms with Gasteiger partial charge in [0.15, 0.2) is 9.84 Å². The van der Waals surface area contributed by atoms with Gasteiger partial charge >= 0.3 is 5.97 Å². The van der Waals surface area contributed by atoms with Crippen LogP contribution in [0.1, 0.15) is 32.6 Å². The Kier molecular flexibility index (Phi) is 6.08. The SMILES string of the molecule is CCNC1CCCC1CCS(=O)(=O)CC(=O)OC. The fourth-order valence-corrected chi connectivity index (χ4v) is 3.84. The molecule has 0 bridgehead atoms. The lowest BCUT2D eigenvalue weighted by molar-refractivity contribution is -0.137. The van der Waals surface area contributed by atoms with Crippen molar-refractivity contribution >= 4 is 15.8 Å². The van der Waals surface area contributed by atoms with Gasteiger partial charge in [-0.1, -0.05) is 13.3 Å². The second-order valence-electron chi connectivity index (χ2n) is 4.81. The van der Waals surface area contributed by atoms with Gasteiger partial charge in [0, 0.05) is 6.04 Å². The zero-order valence-electron chi connectivity index (χ0n) is 11.1. The summed E-state index contributed by atoms with van der Waals surface area (Å²) >= 11 is 0. The first-order valence-corrected chi connectivity index (χ1v) is 8.31. The molecule has 2 atom stereocenters. The molecule has 1 aliphatic carbocycles. The van der Waals surface area contributed by atoms with E-state index in [0.29, 0.717) is 18.4 Å². The first-order valence-electron chi connectivity index (χ1n) is 6.49. The number of esters is 1. The molecule has 0 saturated heterocycles. The molecule has 0 heterocycles. The average Bonchev–Trinajstić information content (AvgIpc) is 2.74. The third-order valence-corrected chi connectivity index (χ3v) is 5.02. The molecule has 1 aliphatic rings. The van der Waals surface area contributed by atoms with Crippen molar-refractivity contribution in [3.8, 4) is 0 Å². The van der Waals surface area contributed by atoms with Gasteiger partial charge in [-0.05, 0) is 31.7 Å². The maximum absolute atomic E-state index is 11.7. The quantitative estimate of drug-likeness (QED) is 0.695. The number of rotatable bonds is 7. The zero-order valence-corrected chi connectivity index (χ0v) is 12.0. The predicted octanol–water partition coefficient (Wildman–Crippen LogP) is 0.743. The summed E-state index contributed by atoms with van der Waals surface area (Å²) in [6, 6.07) is 0.434. The minimum Gasteiger partial charge on any atom is -0.468 e. The van der Waals surface area contributed by atoms with Gasteiger partial charge in [-0.25, -0.2) is 8.42 Å². The largest absolute Gasteiger partial charge is 0.468 e. The van der Waals surface area contributed by atoms with E-state index in [2.05, 4.69) is 17.0 Å². The lowest BCUT2D eigenvalue weighted by atomic mass is 10.0. The third kappa shape index (κ3) is 4.94. The predicted molar refractivity (Wildman–Crippen MR) is 70.1 cm³/mol. The van der Waals surface area contributed by atoms with E-state index in [1.807, 2.05) is 0 Å². The molecular weight excluding hydrogens is 254 g/mol. The van der Waals surface area contributed by atoms with Crippen molar-refractivity contribution in [3.05, 3.63) is 0 Å². The van der Waals surface area contributed by atoms with Crippen LogP contribution in [0.15, 0.2) is 0 Å². The molecule has 1 N–H and O–H groups in total. The van der Waals surface area contributed by atoms with Crippen LogP contribution >= 0.6 is 0 Å². The Bertz CT molecular complexity index is 366. The Morgan fingerprint density at radius 1 is 1.39 bits per heavy atom. The molecule has 1 saturated carbocycles. The molecule has 0 aromatic rings. The van der Waals surface area contributed by atoms with Crippen LogP contribution in [0.4, 0.5) is 0 Å². The van der Waals surface area contributed by atoms with Gasteiger partial charge in [0.2, 0.25) is 0 Å². The Morgan fingerprint density at radius 2 is 2.11 bits per heavy atom. The highest BCUT2D eigenvalue weighted by Crippen LogP contribution is 2.28. The highest BCUT2D eigenvalue weighted by Gasteiger charge is 2.28. The van der Waals surface area contributed by atoms with E-state index >= 15 is 0 Å². The summed E-state index contributed by atoms with van der Waals surface area (Å²) in [5.41, 5.74) is 0. The monoisotopic (exact) mass is 277 g/mol. The van der Waals surface area contributed by atoms with E-state index in [4.69, 9.17) is 0 Å². The van der Waals surface area contributed by atoms with E-state index in [1.165, 1.54) is 7.11 Å². The fourth-order valence-electron chi connectivity index (χ4n) is 2.55. The molecule has 0 spiro atoms. The van der Waals surface area contributed by atoms with Crippen molar-refractivity contribution in [2.45, 2.75) is 38.6 Å². The van der Waals surface area contributed by atoms with Crippen molar-refractivity contribution in [1.82, 2.24) is 5.32 Å². The van der Waals surface area contributed by atoms with Crippen molar-refractivity contribution < 1.29 is 17.9 Å². The molecule has 18 heavy (non-hydrogen) atoms. The van der Waals surface area contributed by atoms with Crippen molar-refractivity contribution in [3.63, 3.8) is 0 Å². The lowest BCUT2D eigenvalue weighted by Crippen LogP contribution is -2.33. The van der Waals surface area contributed by atoms with E-state index in [0.717, 1.165) is 25.8 Å². The number of sulfone groups is 1. The minimum atomic E-state index is -3.32. The van der Waals surface area contributed by atoms with Crippen LogP contribution in [0.25, 0.3) is 0 Å². The van der Waals surface area contributed by atoms with Gasteiger partial charge in [0.1, 0.15) is 5.75 Å². The van der Waals surface area contributed by atoms with Crippen LogP contribution in [-0.4, -0.2) is 45.6 Å². The second kappa shape index (κ2) is 7.09. The Balaban J connectivity index is 2.41. The molecule has 0 aromatic carbocycles. The molecule has 0 aliphatic heterocycles. The summed E-state index contributed by atoms with van der Waals surface area (Å²) in [4.78, 5) is 11.0. The summed E-state index contributed by atoms with van der Waals surface area (Å²) in [7, 11) is -2.12. The van der Waals surface area contributed by atoms with Crippen molar-refractivity contribution in [1.29, 1.82) is 0 Å². The molecule has 106 valence electrons. The molecule has 0 amide bonds. The molecule has 0 radical (unpaired) electrons. The summed E-state index contributed by atoms with van der Waals surface area (Å²) in [6.07, 6.45) is 3.98. The first-order chi connectivity index (χ1) is 8.48. The lowest BCUT2D eigenvalue weighted by Gasteiger charge is -2.20. The third-order valence-electron chi connectivity index (χ3n) is 3.49. The number of ether oxygens (including phenoxy) is 1. The van der Waals surface area contributed by atoms with Crippen LogP contribution in [0.3, 0.4) is 0 Å². The summed E-state index contributed by atoms with van der Waals surface area (Å²) < 4.78 is 27.8. The Hall–Kier alpha value is -0.620. The number of nitrogens with one attached hydrogen (secondary N) is 1. The summed E-state index contributed by atoms with van der Waals surface area (Å²) in [5, 5.41) is 3.40. The van der Waals surface area contributed by atoms with Crippen LogP contribution in [0.5, 0.6) is 0 Å². The first kappa shape index (κ1) is 15.4. The highest BCUT2D eigenvalue weighted by atomic mass is 32.2. The molecule has 6 heteroatoms. The molecule has 0 aromatic heterocycles. The minimum absolute atomic E-state index is 0.0780. The van der Waals surface area contributed by atoms with E-state index < -0.39 is 21.6 Å². The molecule has 2 unspecified atom stereocenters. The Labute approximate surface area is 109 Å². The fraction of sp³-hybridized carbons (Fsp3) is 0.917. The van der Waals surface area contributed by atoms with Gasteiger partial charge in [-0.2, -0.15) is 0 Å². The highest BCUT2D eigenvalue weighted by molar-refractivity contribution is 7.92. The van der Waals surface area contributed by atoms with Crippen LogP contribution in [0, 0.1) is 5.92 Å². The average molecular weight is 277 g/mol. The van der Waals surface area contributed by atoms with E-state index in [9.17, 15) is 13.2 Å². The number of carbonyl (C=O) groups excluding carboxylic acids is 1. The Morgan fingerprint density at radius 3 is 2.72 bits per heavy atom. The molecule has 1 rings (SSSR count). The van der Waals surface area contributed by atoms with Crippen molar-refractivity contribution in [2.24, 2.45) is 5.92 Å². The van der Waals surface area contributed by atoms with Gasteiger partial charge in [0.25, 0.3) is 0 Å². The summed E-state index contributed by atoms with van der Waals surface area (Å²) in [5.74, 6) is -0.682. The van der Waals surface area contributed by atoms with E-state index in [-0.39, 0.29) is 5.75 Å². The number of hydrogen-bond acceptors (Lipinski definition) is 5. The van der Waals surface area contributed by atoms with Crippen LogP contribution < -0.4 is 5.32 Å². The molecule has 1 fully saturated rings. The second-order valence-corrected chi connectivity index (χ2v) is 7.00. The molecule has 5 nitrogen and oxygen atoms in total. The van der Waals surface area contributed by atoms with E-state index in [1.54, 1.807) is 0 Å².